The van der Waals surface area contributed by atoms with Crippen LogP contribution in [-0.4, -0.2) is 26.1 Å². The first kappa shape index (κ1) is 12.6. The Hall–Kier alpha value is -1.43. The Morgan fingerprint density at radius 1 is 1.44 bits per heavy atom. The zero-order chi connectivity index (χ0) is 12.1. The zero-order valence-corrected chi connectivity index (χ0v) is 10.5. The zero-order valence-electron chi connectivity index (χ0n) is 9.72. The smallest absolute Gasteiger partial charge is 0.263 e. The summed E-state index contributed by atoms with van der Waals surface area (Å²) < 4.78 is 5.18. The van der Waals surface area contributed by atoms with Gasteiger partial charge in [-0.05, 0) is 13.8 Å². The van der Waals surface area contributed by atoms with Crippen LogP contribution in [-0.2, 0) is 0 Å². The summed E-state index contributed by atoms with van der Waals surface area (Å²) in [4.78, 5) is 12.2. The summed E-state index contributed by atoms with van der Waals surface area (Å²) in [6.45, 7) is 5.17. The summed E-state index contributed by atoms with van der Waals surface area (Å²) in [5, 5.41) is 6.63. The minimum absolute atomic E-state index is 0.160. The summed E-state index contributed by atoms with van der Waals surface area (Å²) in [6, 6.07) is 0. The molecule has 0 bridgehead atoms. The molecule has 1 aromatic heterocycles. The van der Waals surface area contributed by atoms with E-state index in [2.05, 4.69) is 10.6 Å². The third kappa shape index (κ3) is 2.38. The van der Waals surface area contributed by atoms with Crippen molar-refractivity contribution in [3.8, 4) is 5.75 Å². The maximum atomic E-state index is 11.7. The van der Waals surface area contributed by atoms with Crippen LogP contribution in [0.1, 0.15) is 23.5 Å². The molecule has 0 aliphatic rings. The van der Waals surface area contributed by atoms with Crippen LogP contribution >= 0.6 is 11.3 Å². The molecule has 0 aliphatic heterocycles. The summed E-state index contributed by atoms with van der Waals surface area (Å²) >= 11 is 1.31. The van der Waals surface area contributed by atoms with Crippen LogP contribution < -0.4 is 21.1 Å². The van der Waals surface area contributed by atoms with E-state index in [4.69, 9.17) is 10.5 Å². The van der Waals surface area contributed by atoms with Crippen molar-refractivity contribution in [1.82, 2.24) is 5.32 Å². The number of hydrogen-bond donors (Lipinski definition) is 3. The monoisotopic (exact) mass is 243 g/mol. The van der Waals surface area contributed by atoms with Gasteiger partial charge in [-0.2, -0.15) is 0 Å². The van der Waals surface area contributed by atoms with Gasteiger partial charge in [-0.15, -0.1) is 11.3 Å². The fourth-order valence-corrected chi connectivity index (χ4v) is 2.39. The summed E-state index contributed by atoms with van der Waals surface area (Å²) in [5.74, 6) is 0.389. The first-order valence-electron chi connectivity index (χ1n) is 5.13. The average molecular weight is 243 g/mol. The van der Waals surface area contributed by atoms with Crippen molar-refractivity contribution in [2.45, 2.75) is 13.8 Å². The number of rotatable bonds is 5. The number of hydrogen-bond acceptors (Lipinski definition) is 5. The molecular weight excluding hydrogens is 226 g/mol. The Labute approximate surface area is 99.0 Å². The molecule has 0 aromatic carbocycles. The maximum Gasteiger partial charge on any atom is 0.263 e. The van der Waals surface area contributed by atoms with Gasteiger partial charge in [0.15, 0.2) is 5.75 Å². The van der Waals surface area contributed by atoms with Crippen LogP contribution in [0.4, 0.5) is 10.7 Å². The van der Waals surface area contributed by atoms with Crippen molar-refractivity contribution in [1.29, 1.82) is 0 Å². The van der Waals surface area contributed by atoms with Gasteiger partial charge in [-0.3, -0.25) is 4.79 Å². The second-order valence-corrected chi connectivity index (χ2v) is 4.12. The second kappa shape index (κ2) is 5.60. The van der Waals surface area contributed by atoms with Gasteiger partial charge in [0.05, 0.1) is 7.11 Å². The number of methoxy groups -OCH3 is 1. The van der Waals surface area contributed by atoms with E-state index >= 15 is 0 Å². The average Bonchev–Trinajstić information content (AvgIpc) is 2.56. The molecule has 0 saturated heterocycles. The standard InChI is InChI=1S/C10H17N3O2S/c1-4-12-9(14)8-6(11)7(15-3)10(16-8)13-5-2/h13H,4-5,11H2,1-3H3,(H,12,14). The number of anilines is 2. The summed E-state index contributed by atoms with van der Waals surface area (Å²) in [7, 11) is 1.54. The van der Waals surface area contributed by atoms with Gasteiger partial charge in [0.1, 0.15) is 15.6 Å². The van der Waals surface area contributed by atoms with E-state index in [1.54, 1.807) is 7.11 Å². The first-order valence-corrected chi connectivity index (χ1v) is 5.95. The highest BCUT2D eigenvalue weighted by Gasteiger charge is 2.20. The number of thiophene rings is 1. The fraction of sp³-hybridized carbons (Fsp3) is 0.500. The normalized spacial score (nSPS) is 9.94. The molecule has 16 heavy (non-hydrogen) atoms. The van der Waals surface area contributed by atoms with E-state index in [9.17, 15) is 4.79 Å². The van der Waals surface area contributed by atoms with E-state index in [1.165, 1.54) is 11.3 Å². The lowest BCUT2D eigenvalue weighted by molar-refractivity contribution is 0.0960. The molecular formula is C10H17N3O2S. The Morgan fingerprint density at radius 2 is 2.12 bits per heavy atom. The molecule has 0 spiro atoms. The number of carbonyl (C=O) groups excluding carboxylic acids is 1. The van der Waals surface area contributed by atoms with E-state index in [0.717, 1.165) is 11.5 Å². The number of nitrogens with two attached hydrogens (primary N) is 1. The lowest BCUT2D eigenvalue weighted by Crippen LogP contribution is -2.22. The number of ether oxygens (including phenoxy) is 1. The first-order chi connectivity index (χ1) is 7.65. The number of nitrogens with one attached hydrogen (secondary N) is 2. The molecule has 0 aliphatic carbocycles. The highest BCUT2D eigenvalue weighted by atomic mass is 32.1. The van der Waals surface area contributed by atoms with E-state index in [1.807, 2.05) is 13.8 Å². The van der Waals surface area contributed by atoms with E-state index in [-0.39, 0.29) is 5.91 Å². The van der Waals surface area contributed by atoms with Gasteiger partial charge >= 0.3 is 0 Å². The molecule has 0 fully saturated rings. The van der Waals surface area contributed by atoms with Crippen molar-refractivity contribution in [3.63, 3.8) is 0 Å². The highest BCUT2D eigenvalue weighted by Crippen LogP contribution is 2.42. The highest BCUT2D eigenvalue weighted by molar-refractivity contribution is 7.19. The van der Waals surface area contributed by atoms with Crippen molar-refractivity contribution >= 4 is 27.9 Å². The van der Waals surface area contributed by atoms with E-state index in [0.29, 0.717) is 22.9 Å². The quantitative estimate of drug-likeness (QED) is 0.733. The summed E-state index contributed by atoms with van der Waals surface area (Å²) in [6.07, 6.45) is 0. The van der Waals surface area contributed by atoms with Gasteiger partial charge in [0.2, 0.25) is 0 Å². The minimum atomic E-state index is -0.160. The molecule has 1 heterocycles. The Bertz CT molecular complexity index is 376. The maximum absolute atomic E-state index is 11.7. The molecule has 0 atom stereocenters. The molecule has 1 amide bonds. The third-order valence-electron chi connectivity index (χ3n) is 1.98. The number of carbonyl (C=O) groups is 1. The predicted octanol–water partition coefficient (Wildman–Crippen LogP) is 1.52. The molecule has 1 aromatic rings. The lowest BCUT2D eigenvalue weighted by atomic mass is 10.3. The van der Waals surface area contributed by atoms with Gasteiger partial charge in [-0.1, -0.05) is 0 Å². The van der Waals surface area contributed by atoms with Gasteiger partial charge in [0, 0.05) is 13.1 Å². The van der Waals surface area contributed by atoms with Crippen LogP contribution in [0.15, 0.2) is 0 Å². The molecule has 6 heteroatoms. The van der Waals surface area contributed by atoms with Gasteiger partial charge in [0.25, 0.3) is 5.91 Å². The van der Waals surface area contributed by atoms with Crippen molar-refractivity contribution < 1.29 is 9.53 Å². The Kier molecular flexibility index (Phi) is 4.42. The molecule has 90 valence electrons. The number of amides is 1. The molecule has 0 radical (unpaired) electrons. The van der Waals surface area contributed by atoms with Gasteiger partial charge in [-0.25, -0.2) is 0 Å². The van der Waals surface area contributed by atoms with Gasteiger partial charge < -0.3 is 21.1 Å². The van der Waals surface area contributed by atoms with Crippen LogP contribution in [0.2, 0.25) is 0 Å². The summed E-state index contributed by atoms with van der Waals surface area (Å²) in [5.41, 5.74) is 6.26. The van der Waals surface area contributed by atoms with Crippen LogP contribution in [0.5, 0.6) is 5.75 Å². The molecule has 0 unspecified atom stereocenters. The molecule has 4 N–H and O–H groups in total. The molecule has 0 saturated carbocycles. The van der Waals surface area contributed by atoms with Crippen molar-refractivity contribution in [2.75, 3.05) is 31.2 Å². The van der Waals surface area contributed by atoms with E-state index < -0.39 is 0 Å². The number of nitrogen functional groups attached to an aromatic ring is 1. The Balaban J connectivity index is 3.06. The lowest BCUT2D eigenvalue weighted by Gasteiger charge is -2.03. The molecule has 5 nitrogen and oxygen atoms in total. The Morgan fingerprint density at radius 3 is 2.62 bits per heavy atom. The van der Waals surface area contributed by atoms with Crippen molar-refractivity contribution in [2.24, 2.45) is 0 Å². The topological polar surface area (TPSA) is 76.4 Å². The minimum Gasteiger partial charge on any atom is -0.492 e. The fourth-order valence-electron chi connectivity index (χ4n) is 1.32. The second-order valence-electron chi connectivity index (χ2n) is 3.10. The molecule has 1 rings (SSSR count). The van der Waals surface area contributed by atoms with Crippen LogP contribution in [0.3, 0.4) is 0 Å². The third-order valence-corrected chi connectivity index (χ3v) is 3.13. The van der Waals surface area contributed by atoms with Crippen molar-refractivity contribution in [3.05, 3.63) is 4.88 Å². The SMILES string of the molecule is CCNC(=O)c1sc(NCC)c(OC)c1N. The largest absolute Gasteiger partial charge is 0.492 e. The predicted molar refractivity (Wildman–Crippen MR) is 67.5 cm³/mol. The van der Waals surface area contributed by atoms with Crippen LogP contribution in [0.25, 0.3) is 0 Å². The van der Waals surface area contributed by atoms with Crippen LogP contribution in [0, 0.1) is 0 Å².